The molecule has 3 N–H and O–H groups in total. The van der Waals surface area contributed by atoms with Crippen LogP contribution in [-0.4, -0.2) is 34.9 Å². The highest BCUT2D eigenvalue weighted by Crippen LogP contribution is 2.20. The zero-order valence-corrected chi connectivity index (χ0v) is 10.3. The van der Waals surface area contributed by atoms with Crippen molar-refractivity contribution in [2.75, 3.05) is 19.7 Å². The zero-order valence-electron chi connectivity index (χ0n) is 7.95. The molecule has 0 saturated heterocycles. The van der Waals surface area contributed by atoms with E-state index in [1.807, 2.05) is 0 Å². The number of aliphatic hydroxyl groups is 2. The van der Waals surface area contributed by atoms with Crippen molar-refractivity contribution in [2.45, 2.75) is 6.10 Å². The van der Waals surface area contributed by atoms with E-state index in [-0.39, 0.29) is 6.61 Å². The molecule has 0 radical (unpaired) electrons. The first-order chi connectivity index (χ1) is 7.13. The topological polar surface area (TPSA) is 65.4 Å². The minimum atomic E-state index is -0.659. The number of rotatable bonds is 5. The number of nitrogens with zero attached hydrogens (tertiary/aromatic N) is 1. The second-order valence-electron chi connectivity index (χ2n) is 2.99. The number of hydrogen-bond acceptors (Lipinski definition) is 4. The molecule has 0 aliphatic heterocycles. The standard InChI is InChI=1S/C9H12BrClN2O2/c10-8-3-6(4-9(11)13-8)7(15)5-12-1-2-14/h3-4,7,12,14-15H,1-2,5H2. The molecular weight excluding hydrogens is 283 g/mol. The van der Waals surface area contributed by atoms with Crippen molar-refractivity contribution < 1.29 is 10.2 Å². The summed E-state index contributed by atoms with van der Waals surface area (Å²) in [5.74, 6) is 0. The van der Waals surface area contributed by atoms with Crippen molar-refractivity contribution in [1.82, 2.24) is 10.3 Å². The van der Waals surface area contributed by atoms with E-state index in [2.05, 4.69) is 26.2 Å². The summed E-state index contributed by atoms with van der Waals surface area (Å²) in [6, 6.07) is 3.31. The summed E-state index contributed by atoms with van der Waals surface area (Å²) >= 11 is 8.94. The van der Waals surface area contributed by atoms with Gasteiger partial charge in [-0.3, -0.25) is 0 Å². The molecule has 0 aliphatic rings. The first-order valence-electron chi connectivity index (χ1n) is 4.46. The van der Waals surface area contributed by atoms with Gasteiger partial charge in [0, 0.05) is 13.1 Å². The van der Waals surface area contributed by atoms with E-state index in [0.717, 1.165) is 0 Å². The fraction of sp³-hybridized carbons (Fsp3) is 0.444. The lowest BCUT2D eigenvalue weighted by Crippen LogP contribution is -2.24. The van der Waals surface area contributed by atoms with E-state index in [1.54, 1.807) is 12.1 Å². The third-order valence-corrected chi connectivity index (χ3v) is 2.40. The molecule has 1 aromatic rings. The number of nitrogens with one attached hydrogen (secondary N) is 1. The number of aliphatic hydroxyl groups excluding tert-OH is 2. The van der Waals surface area contributed by atoms with Crippen LogP contribution in [0.2, 0.25) is 5.15 Å². The molecule has 0 amide bonds. The molecule has 6 heteroatoms. The predicted molar refractivity (Wildman–Crippen MR) is 61.9 cm³/mol. The first kappa shape index (κ1) is 12.9. The van der Waals surface area contributed by atoms with E-state index in [1.165, 1.54) is 0 Å². The van der Waals surface area contributed by atoms with Gasteiger partial charge in [-0.15, -0.1) is 0 Å². The number of hydrogen-bond donors (Lipinski definition) is 3. The molecule has 0 aliphatic carbocycles. The Morgan fingerprint density at radius 1 is 1.53 bits per heavy atom. The Labute approximate surface area is 101 Å². The Morgan fingerprint density at radius 2 is 2.27 bits per heavy atom. The van der Waals surface area contributed by atoms with Crippen LogP contribution in [0.1, 0.15) is 11.7 Å². The van der Waals surface area contributed by atoms with E-state index in [4.69, 9.17) is 16.7 Å². The maximum absolute atomic E-state index is 9.74. The molecule has 0 saturated carbocycles. The highest BCUT2D eigenvalue weighted by molar-refractivity contribution is 9.10. The highest BCUT2D eigenvalue weighted by atomic mass is 79.9. The van der Waals surface area contributed by atoms with Crippen molar-refractivity contribution in [1.29, 1.82) is 0 Å². The average Bonchev–Trinajstić information content (AvgIpc) is 2.16. The SMILES string of the molecule is OCCNCC(O)c1cc(Cl)nc(Br)c1. The van der Waals surface area contributed by atoms with E-state index >= 15 is 0 Å². The van der Waals surface area contributed by atoms with Crippen LogP contribution in [0.5, 0.6) is 0 Å². The van der Waals surface area contributed by atoms with Crippen molar-refractivity contribution in [2.24, 2.45) is 0 Å². The molecule has 4 nitrogen and oxygen atoms in total. The third kappa shape index (κ3) is 4.44. The van der Waals surface area contributed by atoms with E-state index in [9.17, 15) is 5.11 Å². The maximum Gasteiger partial charge on any atom is 0.130 e. The van der Waals surface area contributed by atoms with Crippen molar-refractivity contribution in [3.8, 4) is 0 Å². The van der Waals surface area contributed by atoms with Gasteiger partial charge in [0.15, 0.2) is 0 Å². The molecular formula is C9H12BrClN2O2. The zero-order chi connectivity index (χ0) is 11.3. The molecule has 1 aromatic heterocycles. The van der Waals surface area contributed by atoms with E-state index < -0.39 is 6.10 Å². The first-order valence-corrected chi connectivity index (χ1v) is 5.63. The van der Waals surface area contributed by atoms with Gasteiger partial charge in [-0.1, -0.05) is 11.6 Å². The number of aromatic nitrogens is 1. The fourth-order valence-corrected chi connectivity index (χ4v) is 1.89. The van der Waals surface area contributed by atoms with Crippen LogP contribution in [-0.2, 0) is 0 Å². The van der Waals surface area contributed by atoms with Crippen LogP contribution in [0.25, 0.3) is 0 Å². The Hall–Kier alpha value is -0.200. The largest absolute Gasteiger partial charge is 0.395 e. The summed E-state index contributed by atoms with van der Waals surface area (Å²) in [4.78, 5) is 3.92. The summed E-state index contributed by atoms with van der Waals surface area (Å²) in [5, 5.41) is 21.5. The van der Waals surface area contributed by atoms with Gasteiger partial charge in [-0.2, -0.15) is 0 Å². The molecule has 84 valence electrons. The summed E-state index contributed by atoms with van der Waals surface area (Å²) in [7, 11) is 0. The minimum absolute atomic E-state index is 0.0491. The van der Waals surface area contributed by atoms with Gasteiger partial charge >= 0.3 is 0 Å². The van der Waals surface area contributed by atoms with Crippen LogP contribution in [0.4, 0.5) is 0 Å². The van der Waals surface area contributed by atoms with Crippen LogP contribution in [0.15, 0.2) is 16.7 Å². The van der Waals surface area contributed by atoms with Crippen LogP contribution < -0.4 is 5.32 Å². The van der Waals surface area contributed by atoms with Gasteiger partial charge in [0.1, 0.15) is 9.76 Å². The Kier molecular flexibility index (Phi) is 5.49. The van der Waals surface area contributed by atoms with Crippen LogP contribution >= 0.6 is 27.5 Å². The highest BCUT2D eigenvalue weighted by Gasteiger charge is 2.09. The summed E-state index contributed by atoms with van der Waals surface area (Å²) in [6.07, 6.45) is -0.659. The number of pyridine rings is 1. The van der Waals surface area contributed by atoms with Gasteiger partial charge in [-0.05, 0) is 33.6 Å². The lowest BCUT2D eigenvalue weighted by atomic mass is 10.1. The van der Waals surface area contributed by atoms with Gasteiger partial charge in [-0.25, -0.2) is 4.98 Å². The van der Waals surface area contributed by atoms with E-state index in [0.29, 0.717) is 28.4 Å². The monoisotopic (exact) mass is 294 g/mol. The summed E-state index contributed by atoms with van der Waals surface area (Å²) < 4.78 is 0.589. The molecule has 0 aromatic carbocycles. The average molecular weight is 296 g/mol. The summed E-state index contributed by atoms with van der Waals surface area (Å²) in [6.45, 7) is 0.873. The minimum Gasteiger partial charge on any atom is -0.395 e. The Morgan fingerprint density at radius 3 is 2.87 bits per heavy atom. The molecule has 1 heterocycles. The molecule has 1 rings (SSSR count). The smallest absolute Gasteiger partial charge is 0.130 e. The molecule has 0 bridgehead atoms. The second-order valence-corrected chi connectivity index (χ2v) is 4.19. The lowest BCUT2D eigenvalue weighted by Gasteiger charge is -2.12. The Balaban J connectivity index is 2.60. The Bertz CT molecular complexity index is 305. The molecule has 0 spiro atoms. The summed E-state index contributed by atoms with van der Waals surface area (Å²) in [5.41, 5.74) is 0.687. The van der Waals surface area contributed by atoms with Crippen molar-refractivity contribution >= 4 is 27.5 Å². The van der Waals surface area contributed by atoms with Crippen molar-refractivity contribution in [3.63, 3.8) is 0 Å². The molecule has 0 fully saturated rings. The van der Waals surface area contributed by atoms with Gasteiger partial charge in [0.05, 0.1) is 12.7 Å². The lowest BCUT2D eigenvalue weighted by molar-refractivity contribution is 0.170. The maximum atomic E-state index is 9.74. The van der Waals surface area contributed by atoms with Gasteiger partial charge in [0.2, 0.25) is 0 Å². The third-order valence-electron chi connectivity index (χ3n) is 1.80. The molecule has 1 unspecified atom stereocenters. The number of halogens is 2. The normalized spacial score (nSPS) is 12.8. The van der Waals surface area contributed by atoms with Gasteiger partial charge < -0.3 is 15.5 Å². The fourth-order valence-electron chi connectivity index (χ4n) is 1.11. The van der Waals surface area contributed by atoms with Crippen molar-refractivity contribution in [3.05, 3.63) is 27.5 Å². The molecule has 1 atom stereocenters. The quantitative estimate of drug-likeness (QED) is 0.562. The van der Waals surface area contributed by atoms with Crippen LogP contribution in [0.3, 0.4) is 0 Å². The predicted octanol–water partition coefficient (Wildman–Crippen LogP) is 1.11. The second kappa shape index (κ2) is 6.40. The molecule has 15 heavy (non-hydrogen) atoms. The van der Waals surface area contributed by atoms with Gasteiger partial charge in [0.25, 0.3) is 0 Å². The van der Waals surface area contributed by atoms with Crippen LogP contribution in [0, 0.1) is 0 Å².